The van der Waals surface area contributed by atoms with E-state index in [4.69, 9.17) is 9.47 Å². The predicted octanol–water partition coefficient (Wildman–Crippen LogP) is 1.95. The maximum atomic E-state index is 12.1. The van der Waals surface area contributed by atoms with Crippen LogP contribution in [0, 0.1) is 5.92 Å². The first-order valence-corrected chi connectivity index (χ1v) is 6.51. The number of amides is 1. The molecule has 2 rings (SSSR count). The number of nitrogens with zero attached hydrogens (tertiary/aromatic N) is 1. The van der Waals surface area contributed by atoms with Gasteiger partial charge in [-0.2, -0.15) is 0 Å². The van der Waals surface area contributed by atoms with Gasteiger partial charge in [0.1, 0.15) is 11.6 Å². The first-order chi connectivity index (χ1) is 8.33. The van der Waals surface area contributed by atoms with Crippen LogP contribution in [0.1, 0.15) is 40.5 Å². The second kappa shape index (κ2) is 4.44. The summed E-state index contributed by atoms with van der Waals surface area (Å²) in [7, 11) is 0. The van der Waals surface area contributed by atoms with E-state index < -0.39 is 17.7 Å². The fourth-order valence-electron chi connectivity index (χ4n) is 2.48. The maximum Gasteiger partial charge on any atom is 0.411 e. The standard InChI is InChI=1S/C13H21NO4/c1-5-17-11(15)10-7-8-6-9(8)14(10)12(16)18-13(2,3)4/h8-10H,5-7H2,1-4H3/t8-,9+,10-/m0/s1. The van der Waals surface area contributed by atoms with Gasteiger partial charge in [-0.25, -0.2) is 9.59 Å². The first-order valence-electron chi connectivity index (χ1n) is 6.51. The van der Waals surface area contributed by atoms with Crippen molar-refractivity contribution in [3.8, 4) is 0 Å². The summed E-state index contributed by atoms with van der Waals surface area (Å²) in [5.74, 6) is 0.141. The highest BCUT2D eigenvalue weighted by Gasteiger charge is 2.57. The molecule has 1 saturated heterocycles. The van der Waals surface area contributed by atoms with E-state index in [-0.39, 0.29) is 12.0 Å². The third-order valence-electron chi connectivity index (χ3n) is 3.27. The van der Waals surface area contributed by atoms with Crippen LogP contribution in [0.2, 0.25) is 0 Å². The Balaban J connectivity index is 2.04. The number of likely N-dealkylation sites (tertiary alicyclic amines) is 1. The largest absolute Gasteiger partial charge is 0.464 e. The molecule has 0 bridgehead atoms. The number of piperidine rings is 1. The van der Waals surface area contributed by atoms with E-state index in [2.05, 4.69) is 0 Å². The molecule has 1 aliphatic carbocycles. The Morgan fingerprint density at radius 2 is 1.94 bits per heavy atom. The zero-order chi connectivity index (χ0) is 13.5. The number of rotatable bonds is 2. The van der Waals surface area contributed by atoms with Gasteiger partial charge in [-0.3, -0.25) is 4.90 Å². The number of hydrogen-bond donors (Lipinski definition) is 0. The molecule has 2 fully saturated rings. The van der Waals surface area contributed by atoms with Gasteiger partial charge in [0, 0.05) is 6.04 Å². The number of ether oxygens (including phenoxy) is 2. The summed E-state index contributed by atoms with van der Waals surface area (Å²) in [5.41, 5.74) is -0.538. The molecule has 1 heterocycles. The Bertz CT molecular complexity index is 360. The summed E-state index contributed by atoms with van der Waals surface area (Å²) in [4.78, 5) is 25.5. The van der Waals surface area contributed by atoms with Gasteiger partial charge in [0.2, 0.25) is 0 Å². The molecule has 0 aromatic carbocycles. The number of esters is 1. The molecule has 5 nitrogen and oxygen atoms in total. The van der Waals surface area contributed by atoms with Crippen LogP contribution in [0.3, 0.4) is 0 Å². The van der Waals surface area contributed by atoms with E-state index in [1.54, 1.807) is 11.8 Å². The van der Waals surface area contributed by atoms with Gasteiger partial charge < -0.3 is 9.47 Å². The first kappa shape index (κ1) is 13.2. The van der Waals surface area contributed by atoms with Crippen LogP contribution in [-0.2, 0) is 14.3 Å². The molecule has 3 atom stereocenters. The average molecular weight is 255 g/mol. The zero-order valence-electron chi connectivity index (χ0n) is 11.4. The second-order valence-corrected chi connectivity index (χ2v) is 5.95. The Hall–Kier alpha value is -1.26. The molecule has 18 heavy (non-hydrogen) atoms. The van der Waals surface area contributed by atoms with E-state index in [1.807, 2.05) is 20.8 Å². The molecule has 0 radical (unpaired) electrons. The van der Waals surface area contributed by atoms with Crippen molar-refractivity contribution in [3.63, 3.8) is 0 Å². The van der Waals surface area contributed by atoms with Crippen molar-refractivity contribution in [2.45, 2.75) is 58.2 Å². The van der Waals surface area contributed by atoms with Crippen LogP contribution in [0.4, 0.5) is 4.79 Å². The third kappa shape index (κ3) is 2.60. The van der Waals surface area contributed by atoms with Gasteiger partial charge in [-0.05, 0) is 46.5 Å². The molecule has 0 aromatic rings. The lowest BCUT2D eigenvalue weighted by Gasteiger charge is -2.29. The van der Waals surface area contributed by atoms with Crippen LogP contribution in [-0.4, -0.2) is 41.3 Å². The Morgan fingerprint density at radius 1 is 1.28 bits per heavy atom. The molecule has 0 unspecified atom stereocenters. The summed E-state index contributed by atoms with van der Waals surface area (Å²) in [6.07, 6.45) is 1.29. The van der Waals surface area contributed by atoms with Crippen molar-refractivity contribution in [2.75, 3.05) is 6.61 Å². The quantitative estimate of drug-likeness (QED) is 0.708. The molecule has 2 aliphatic rings. The third-order valence-corrected chi connectivity index (χ3v) is 3.27. The molecule has 0 spiro atoms. The molecule has 1 aliphatic heterocycles. The average Bonchev–Trinajstić information content (AvgIpc) is 2.86. The Morgan fingerprint density at radius 3 is 2.50 bits per heavy atom. The van der Waals surface area contributed by atoms with E-state index in [0.29, 0.717) is 18.9 Å². The fourth-order valence-corrected chi connectivity index (χ4v) is 2.48. The van der Waals surface area contributed by atoms with Crippen molar-refractivity contribution in [1.82, 2.24) is 4.90 Å². The van der Waals surface area contributed by atoms with Crippen molar-refractivity contribution in [1.29, 1.82) is 0 Å². The van der Waals surface area contributed by atoms with Gasteiger partial charge in [0.05, 0.1) is 6.61 Å². The topological polar surface area (TPSA) is 55.8 Å². The van der Waals surface area contributed by atoms with Crippen molar-refractivity contribution < 1.29 is 19.1 Å². The van der Waals surface area contributed by atoms with Crippen LogP contribution >= 0.6 is 0 Å². The minimum Gasteiger partial charge on any atom is -0.464 e. The molecule has 1 saturated carbocycles. The summed E-state index contributed by atoms with van der Waals surface area (Å²) >= 11 is 0. The minimum atomic E-state index is -0.538. The molecular formula is C13H21NO4. The van der Waals surface area contributed by atoms with Gasteiger partial charge in [0.25, 0.3) is 0 Å². The lowest BCUT2D eigenvalue weighted by molar-refractivity contribution is -0.148. The summed E-state index contributed by atoms with van der Waals surface area (Å²) in [5, 5.41) is 0. The molecule has 102 valence electrons. The fraction of sp³-hybridized carbons (Fsp3) is 0.846. The van der Waals surface area contributed by atoms with Gasteiger partial charge in [0.15, 0.2) is 0 Å². The molecule has 0 N–H and O–H groups in total. The van der Waals surface area contributed by atoms with Crippen molar-refractivity contribution in [2.24, 2.45) is 5.92 Å². The van der Waals surface area contributed by atoms with Crippen LogP contribution in [0.5, 0.6) is 0 Å². The predicted molar refractivity (Wildman–Crippen MR) is 65.0 cm³/mol. The zero-order valence-corrected chi connectivity index (χ0v) is 11.4. The van der Waals surface area contributed by atoms with Crippen LogP contribution < -0.4 is 0 Å². The van der Waals surface area contributed by atoms with E-state index in [1.165, 1.54) is 0 Å². The Labute approximate surface area is 107 Å². The monoisotopic (exact) mass is 255 g/mol. The van der Waals surface area contributed by atoms with Crippen LogP contribution in [0.15, 0.2) is 0 Å². The van der Waals surface area contributed by atoms with Gasteiger partial charge >= 0.3 is 12.1 Å². The normalized spacial score (nSPS) is 29.8. The van der Waals surface area contributed by atoms with E-state index in [0.717, 1.165) is 6.42 Å². The highest BCUT2D eigenvalue weighted by atomic mass is 16.6. The molecular weight excluding hydrogens is 234 g/mol. The van der Waals surface area contributed by atoms with E-state index >= 15 is 0 Å². The smallest absolute Gasteiger partial charge is 0.411 e. The summed E-state index contributed by atoms with van der Waals surface area (Å²) in [6.45, 7) is 7.58. The summed E-state index contributed by atoms with van der Waals surface area (Å²) < 4.78 is 10.4. The lowest BCUT2D eigenvalue weighted by Crippen LogP contribution is -2.46. The second-order valence-electron chi connectivity index (χ2n) is 5.95. The SMILES string of the molecule is CCOC(=O)[C@@H]1C[C@@H]2C[C@H]2N1C(=O)OC(C)(C)C. The van der Waals surface area contributed by atoms with Crippen molar-refractivity contribution >= 4 is 12.1 Å². The van der Waals surface area contributed by atoms with Crippen molar-refractivity contribution in [3.05, 3.63) is 0 Å². The number of carbonyl (C=O) groups excluding carboxylic acids is 2. The van der Waals surface area contributed by atoms with Gasteiger partial charge in [-0.1, -0.05) is 0 Å². The number of fused-ring (bicyclic) bond motifs is 1. The Kier molecular flexibility index (Phi) is 3.25. The minimum absolute atomic E-state index is 0.175. The molecule has 1 amide bonds. The van der Waals surface area contributed by atoms with Crippen LogP contribution in [0.25, 0.3) is 0 Å². The van der Waals surface area contributed by atoms with E-state index in [9.17, 15) is 9.59 Å². The highest BCUT2D eigenvalue weighted by molar-refractivity contribution is 5.83. The lowest BCUT2D eigenvalue weighted by atomic mass is 10.1. The number of hydrogen-bond acceptors (Lipinski definition) is 4. The highest BCUT2D eigenvalue weighted by Crippen LogP contribution is 2.48. The maximum absolute atomic E-state index is 12.1. The summed E-state index contributed by atoms with van der Waals surface area (Å²) in [6, 6.07) is -0.280. The molecule has 5 heteroatoms. The molecule has 0 aromatic heterocycles. The van der Waals surface area contributed by atoms with Gasteiger partial charge in [-0.15, -0.1) is 0 Å². The number of carbonyl (C=O) groups is 2.